The SMILES string of the molecule is Oc1ncnc2c(-c3ccc(Cc4ccc5c(c4)OCO5)cc3)cnn12. The molecular weight excluding hydrogens is 332 g/mol. The van der Waals surface area contributed by atoms with Gasteiger partial charge in [0.05, 0.1) is 6.20 Å². The summed E-state index contributed by atoms with van der Waals surface area (Å²) < 4.78 is 12.1. The summed E-state index contributed by atoms with van der Waals surface area (Å²) in [5.41, 5.74) is 4.74. The van der Waals surface area contributed by atoms with Gasteiger partial charge in [-0.1, -0.05) is 30.3 Å². The molecule has 1 N–H and O–H groups in total. The number of ether oxygens (including phenoxy) is 2. The molecule has 1 aliphatic rings. The van der Waals surface area contributed by atoms with Gasteiger partial charge in [0, 0.05) is 5.56 Å². The van der Waals surface area contributed by atoms with Crippen molar-refractivity contribution >= 4 is 5.65 Å². The topological polar surface area (TPSA) is 81.8 Å². The van der Waals surface area contributed by atoms with Gasteiger partial charge in [0.2, 0.25) is 6.79 Å². The van der Waals surface area contributed by atoms with E-state index in [9.17, 15) is 5.11 Å². The zero-order valence-corrected chi connectivity index (χ0v) is 13.7. The number of rotatable bonds is 3. The van der Waals surface area contributed by atoms with Gasteiger partial charge in [-0.15, -0.1) is 0 Å². The van der Waals surface area contributed by atoms with Gasteiger partial charge in [0.1, 0.15) is 6.33 Å². The molecule has 0 saturated carbocycles. The highest BCUT2D eigenvalue weighted by Gasteiger charge is 2.14. The van der Waals surface area contributed by atoms with Gasteiger partial charge in [-0.3, -0.25) is 0 Å². The van der Waals surface area contributed by atoms with Gasteiger partial charge in [0.25, 0.3) is 0 Å². The van der Waals surface area contributed by atoms with Crippen molar-refractivity contribution in [3.05, 3.63) is 66.1 Å². The number of aromatic nitrogens is 4. The Balaban J connectivity index is 1.43. The Morgan fingerprint density at radius 2 is 1.77 bits per heavy atom. The second-order valence-electron chi connectivity index (χ2n) is 6.03. The molecule has 3 heterocycles. The van der Waals surface area contributed by atoms with Crippen LogP contribution in [0.1, 0.15) is 11.1 Å². The maximum absolute atomic E-state index is 9.74. The Kier molecular flexibility index (Phi) is 3.24. The smallest absolute Gasteiger partial charge is 0.318 e. The van der Waals surface area contributed by atoms with Crippen LogP contribution >= 0.6 is 0 Å². The van der Waals surface area contributed by atoms with E-state index in [0.717, 1.165) is 34.6 Å². The van der Waals surface area contributed by atoms with Gasteiger partial charge in [-0.2, -0.15) is 14.6 Å². The third kappa shape index (κ3) is 2.41. The summed E-state index contributed by atoms with van der Waals surface area (Å²) >= 11 is 0. The lowest BCUT2D eigenvalue weighted by atomic mass is 10.0. The molecule has 0 radical (unpaired) electrons. The van der Waals surface area contributed by atoms with E-state index in [1.165, 1.54) is 16.4 Å². The van der Waals surface area contributed by atoms with Crippen LogP contribution in [0.3, 0.4) is 0 Å². The molecule has 5 rings (SSSR count). The predicted octanol–water partition coefficient (Wildman–Crippen LogP) is 2.82. The summed E-state index contributed by atoms with van der Waals surface area (Å²) in [6, 6.07) is 14.0. The first kappa shape index (κ1) is 14.7. The normalized spacial score (nSPS) is 12.6. The van der Waals surface area contributed by atoms with E-state index in [4.69, 9.17) is 9.47 Å². The van der Waals surface area contributed by atoms with Gasteiger partial charge in [-0.05, 0) is 35.2 Å². The Morgan fingerprint density at radius 3 is 2.65 bits per heavy atom. The highest BCUT2D eigenvalue weighted by Crippen LogP contribution is 2.33. The van der Waals surface area contributed by atoms with Crippen LogP contribution in [-0.4, -0.2) is 31.5 Å². The van der Waals surface area contributed by atoms with Crippen molar-refractivity contribution in [3.8, 4) is 28.6 Å². The fourth-order valence-electron chi connectivity index (χ4n) is 3.09. The van der Waals surface area contributed by atoms with Gasteiger partial charge >= 0.3 is 6.01 Å². The molecule has 128 valence electrons. The molecule has 0 saturated heterocycles. The lowest BCUT2D eigenvalue weighted by Gasteiger charge is -2.05. The van der Waals surface area contributed by atoms with Gasteiger partial charge in [0.15, 0.2) is 17.1 Å². The Labute approximate surface area is 148 Å². The average molecular weight is 346 g/mol. The van der Waals surface area contributed by atoms with Crippen LogP contribution < -0.4 is 9.47 Å². The van der Waals surface area contributed by atoms with E-state index in [1.807, 2.05) is 30.3 Å². The van der Waals surface area contributed by atoms with Crippen LogP contribution in [0.15, 0.2) is 55.0 Å². The molecule has 0 amide bonds. The summed E-state index contributed by atoms with van der Waals surface area (Å²) in [4.78, 5) is 7.93. The zero-order valence-electron chi connectivity index (χ0n) is 13.7. The Morgan fingerprint density at radius 1 is 0.962 bits per heavy atom. The number of benzene rings is 2. The highest BCUT2D eigenvalue weighted by molar-refractivity contribution is 5.77. The van der Waals surface area contributed by atoms with Gasteiger partial charge < -0.3 is 14.6 Å². The van der Waals surface area contributed by atoms with Crippen molar-refractivity contribution in [2.75, 3.05) is 6.79 Å². The first-order valence-electron chi connectivity index (χ1n) is 8.13. The van der Waals surface area contributed by atoms with Crippen molar-refractivity contribution < 1.29 is 14.6 Å². The van der Waals surface area contributed by atoms with E-state index in [0.29, 0.717) is 5.65 Å². The minimum Gasteiger partial charge on any atom is -0.479 e. The molecule has 7 nitrogen and oxygen atoms in total. The van der Waals surface area contributed by atoms with Crippen LogP contribution in [0.5, 0.6) is 17.5 Å². The maximum Gasteiger partial charge on any atom is 0.318 e. The molecule has 7 heteroatoms. The quantitative estimate of drug-likeness (QED) is 0.614. The molecule has 0 unspecified atom stereocenters. The summed E-state index contributed by atoms with van der Waals surface area (Å²) in [6.45, 7) is 0.284. The van der Waals surface area contributed by atoms with Crippen LogP contribution in [0, 0.1) is 0 Å². The number of aromatic hydroxyl groups is 1. The fourth-order valence-corrected chi connectivity index (χ4v) is 3.09. The van der Waals surface area contributed by atoms with Crippen LogP contribution in [0.4, 0.5) is 0 Å². The van der Waals surface area contributed by atoms with Crippen molar-refractivity contribution in [2.24, 2.45) is 0 Å². The largest absolute Gasteiger partial charge is 0.479 e. The van der Waals surface area contributed by atoms with E-state index < -0.39 is 0 Å². The van der Waals surface area contributed by atoms with Crippen molar-refractivity contribution in [1.29, 1.82) is 0 Å². The summed E-state index contributed by atoms with van der Waals surface area (Å²) in [6.07, 6.45) is 3.80. The third-order valence-electron chi connectivity index (χ3n) is 4.40. The van der Waals surface area contributed by atoms with Crippen LogP contribution in [0.25, 0.3) is 16.8 Å². The van der Waals surface area contributed by atoms with Crippen molar-refractivity contribution in [3.63, 3.8) is 0 Å². The predicted molar refractivity (Wildman–Crippen MR) is 93.3 cm³/mol. The van der Waals surface area contributed by atoms with Gasteiger partial charge in [-0.25, -0.2) is 4.98 Å². The highest BCUT2D eigenvalue weighted by atomic mass is 16.7. The molecule has 4 aromatic rings. The molecule has 0 aliphatic carbocycles. The third-order valence-corrected chi connectivity index (χ3v) is 4.40. The fraction of sp³-hybridized carbons (Fsp3) is 0.105. The number of fused-ring (bicyclic) bond motifs is 2. The van der Waals surface area contributed by atoms with Crippen molar-refractivity contribution in [2.45, 2.75) is 6.42 Å². The number of hydrogen-bond acceptors (Lipinski definition) is 6. The molecule has 0 bridgehead atoms. The summed E-state index contributed by atoms with van der Waals surface area (Å²) in [5.74, 6) is 1.59. The molecule has 26 heavy (non-hydrogen) atoms. The first-order valence-corrected chi connectivity index (χ1v) is 8.13. The molecule has 0 spiro atoms. The molecule has 0 fully saturated rings. The summed E-state index contributed by atoms with van der Waals surface area (Å²) in [5, 5.41) is 13.9. The Hall–Kier alpha value is -3.61. The summed E-state index contributed by atoms with van der Waals surface area (Å²) in [7, 11) is 0. The second kappa shape index (κ2) is 5.73. The molecule has 2 aromatic carbocycles. The molecular formula is C19H14N4O3. The monoisotopic (exact) mass is 346 g/mol. The second-order valence-corrected chi connectivity index (χ2v) is 6.03. The van der Waals surface area contributed by atoms with E-state index in [-0.39, 0.29) is 12.8 Å². The van der Waals surface area contributed by atoms with E-state index in [1.54, 1.807) is 6.20 Å². The maximum atomic E-state index is 9.74. The lowest BCUT2D eigenvalue weighted by molar-refractivity contribution is 0.174. The average Bonchev–Trinajstić information content (AvgIpc) is 3.29. The van der Waals surface area contributed by atoms with E-state index >= 15 is 0 Å². The van der Waals surface area contributed by atoms with E-state index in [2.05, 4.69) is 27.2 Å². The zero-order chi connectivity index (χ0) is 17.5. The molecule has 1 aliphatic heterocycles. The minimum atomic E-state index is -0.180. The number of hydrogen-bond donors (Lipinski definition) is 1. The Bertz CT molecular complexity index is 1110. The molecule has 0 atom stereocenters. The number of nitrogens with zero attached hydrogens (tertiary/aromatic N) is 4. The standard InChI is InChI=1S/C19H14N4O3/c24-19-21-10-20-18-15(9-22-23(18)19)14-4-1-12(2-5-14)7-13-3-6-16-17(8-13)26-11-25-16/h1-6,8-10H,7,11H2,(H,20,21,24). The van der Waals surface area contributed by atoms with Crippen LogP contribution in [-0.2, 0) is 6.42 Å². The first-order chi connectivity index (χ1) is 12.8. The molecule has 2 aromatic heterocycles. The minimum absolute atomic E-state index is 0.180. The lowest BCUT2D eigenvalue weighted by Crippen LogP contribution is -1.93. The van der Waals surface area contributed by atoms with Crippen molar-refractivity contribution in [1.82, 2.24) is 19.6 Å². The van der Waals surface area contributed by atoms with Crippen LogP contribution in [0.2, 0.25) is 0 Å².